The predicted molar refractivity (Wildman–Crippen MR) is 110 cm³/mol. The van der Waals surface area contributed by atoms with Gasteiger partial charge in [-0.05, 0) is 44.2 Å². The molecule has 0 bridgehead atoms. The lowest BCUT2D eigenvalue weighted by molar-refractivity contribution is -0.119. The highest BCUT2D eigenvalue weighted by Gasteiger charge is 2.42. The average Bonchev–Trinajstić information content (AvgIpc) is 2.84. The average molecular weight is 439 g/mol. The van der Waals surface area contributed by atoms with E-state index in [1.807, 2.05) is 6.92 Å². The summed E-state index contributed by atoms with van der Waals surface area (Å²) in [4.78, 5) is 12.1. The van der Waals surface area contributed by atoms with Crippen LogP contribution in [0, 0.1) is 12.8 Å². The van der Waals surface area contributed by atoms with Gasteiger partial charge in [-0.1, -0.05) is 24.6 Å². The number of nitrogens with zero attached hydrogens (tertiary/aromatic N) is 1. The van der Waals surface area contributed by atoms with E-state index >= 15 is 0 Å². The molecule has 1 N–H and O–H groups in total. The number of hydrogen-bond acceptors (Lipinski definition) is 6. The summed E-state index contributed by atoms with van der Waals surface area (Å²) >= 11 is 0. The number of carbonyl (C=O) groups is 1. The van der Waals surface area contributed by atoms with Crippen molar-refractivity contribution < 1.29 is 26.4 Å². The molecule has 2 aromatic rings. The number of carbonyl (C=O) groups excluding carboxylic acids is 1. The highest BCUT2D eigenvalue weighted by atomic mass is 32.2. The number of hydrogen-bond donors (Lipinski definition) is 1. The quantitative estimate of drug-likeness (QED) is 0.742. The fourth-order valence-corrected chi connectivity index (χ4v) is 6.06. The lowest BCUT2D eigenvalue weighted by atomic mass is 10.2. The molecule has 0 spiro atoms. The first kappa shape index (κ1) is 21.1. The van der Waals surface area contributed by atoms with E-state index in [0.717, 1.165) is 11.6 Å². The third kappa shape index (κ3) is 4.23. The molecule has 0 radical (unpaired) electrons. The topological polar surface area (TPSA) is 110 Å². The van der Waals surface area contributed by atoms with Crippen LogP contribution in [0.2, 0.25) is 0 Å². The van der Waals surface area contributed by atoms with Crippen molar-refractivity contribution in [2.24, 2.45) is 5.92 Å². The van der Waals surface area contributed by atoms with Crippen molar-refractivity contribution in [3.05, 3.63) is 48.0 Å². The van der Waals surface area contributed by atoms with Crippen LogP contribution in [0.4, 0.5) is 11.4 Å². The Hall–Kier alpha value is -2.59. The maximum Gasteiger partial charge on any atom is 0.265 e. The molecule has 1 atom stereocenters. The molecule has 8 nitrogen and oxygen atoms in total. The van der Waals surface area contributed by atoms with Gasteiger partial charge >= 0.3 is 0 Å². The minimum atomic E-state index is -4.11. The minimum absolute atomic E-state index is 0.0351. The van der Waals surface area contributed by atoms with Crippen LogP contribution in [-0.4, -0.2) is 35.1 Å². The third-order valence-electron chi connectivity index (χ3n) is 4.42. The molecule has 29 heavy (non-hydrogen) atoms. The summed E-state index contributed by atoms with van der Waals surface area (Å²) in [5, 5.41) is 0. The second-order valence-corrected chi connectivity index (χ2v) is 10.3. The molecule has 10 heteroatoms. The third-order valence-corrected chi connectivity index (χ3v) is 7.69. The van der Waals surface area contributed by atoms with Gasteiger partial charge in [0, 0.05) is 5.69 Å². The molecule has 0 aromatic heterocycles. The SMILES string of the molecule is CCOc1ccc(N2C(=O)C(C)CS2(=O)=O)cc1S(=O)(=O)Nc1ccc(C)cc1. The van der Waals surface area contributed by atoms with Crippen LogP contribution < -0.4 is 13.8 Å². The van der Waals surface area contributed by atoms with Gasteiger partial charge in [-0.2, -0.15) is 0 Å². The van der Waals surface area contributed by atoms with Crippen molar-refractivity contribution in [1.82, 2.24) is 0 Å². The van der Waals surface area contributed by atoms with Gasteiger partial charge in [0.1, 0.15) is 10.6 Å². The van der Waals surface area contributed by atoms with Crippen LogP contribution in [-0.2, 0) is 24.8 Å². The molecule has 1 aliphatic rings. The molecule has 1 amide bonds. The summed E-state index contributed by atoms with van der Waals surface area (Å²) in [5.41, 5.74) is 1.28. The summed E-state index contributed by atoms with van der Waals surface area (Å²) in [6.45, 7) is 5.31. The van der Waals surface area contributed by atoms with Crippen molar-refractivity contribution in [2.75, 3.05) is 21.4 Å². The van der Waals surface area contributed by atoms with E-state index in [0.29, 0.717) is 9.99 Å². The Bertz CT molecular complexity index is 1140. The van der Waals surface area contributed by atoms with Crippen LogP contribution in [0.3, 0.4) is 0 Å². The highest BCUT2D eigenvalue weighted by molar-refractivity contribution is 7.94. The number of ether oxygens (including phenoxy) is 1. The molecule has 1 fully saturated rings. The van der Waals surface area contributed by atoms with Crippen LogP contribution in [0.5, 0.6) is 5.75 Å². The molecule has 156 valence electrons. The summed E-state index contributed by atoms with van der Waals surface area (Å²) in [5.74, 6) is -1.54. The van der Waals surface area contributed by atoms with Gasteiger partial charge in [0.2, 0.25) is 15.9 Å². The monoisotopic (exact) mass is 438 g/mol. The van der Waals surface area contributed by atoms with Crippen LogP contribution >= 0.6 is 0 Å². The largest absolute Gasteiger partial charge is 0.492 e. The fourth-order valence-electron chi connectivity index (χ4n) is 3.03. The van der Waals surface area contributed by atoms with Gasteiger partial charge in [-0.15, -0.1) is 0 Å². The lowest BCUT2D eigenvalue weighted by Gasteiger charge is -2.19. The van der Waals surface area contributed by atoms with E-state index in [-0.39, 0.29) is 28.7 Å². The number of sulfonamides is 2. The fraction of sp³-hybridized carbons (Fsp3) is 0.316. The maximum absolute atomic E-state index is 13.0. The molecular weight excluding hydrogens is 416 g/mol. The zero-order valence-corrected chi connectivity index (χ0v) is 17.9. The van der Waals surface area contributed by atoms with E-state index in [1.54, 1.807) is 31.2 Å². The Balaban J connectivity index is 2.08. The number of amides is 1. The van der Waals surface area contributed by atoms with E-state index in [9.17, 15) is 21.6 Å². The van der Waals surface area contributed by atoms with Crippen LogP contribution in [0.15, 0.2) is 47.4 Å². The van der Waals surface area contributed by atoms with Gasteiger partial charge in [-0.25, -0.2) is 21.1 Å². The zero-order valence-electron chi connectivity index (χ0n) is 16.2. The molecule has 3 rings (SSSR count). The highest BCUT2D eigenvalue weighted by Crippen LogP contribution is 2.34. The molecular formula is C19H22N2O6S2. The van der Waals surface area contributed by atoms with Gasteiger partial charge in [-0.3, -0.25) is 9.52 Å². The minimum Gasteiger partial charge on any atom is -0.492 e. The smallest absolute Gasteiger partial charge is 0.265 e. The Morgan fingerprint density at radius 1 is 1.17 bits per heavy atom. The van der Waals surface area contributed by atoms with Gasteiger partial charge in [0.05, 0.1) is 24.0 Å². The van der Waals surface area contributed by atoms with Crippen molar-refractivity contribution >= 4 is 37.3 Å². The van der Waals surface area contributed by atoms with E-state index in [4.69, 9.17) is 4.74 Å². The normalized spacial score (nSPS) is 18.7. The Morgan fingerprint density at radius 3 is 2.38 bits per heavy atom. The van der Waals surface area contributed by atoms with Crippen LogP contribution in [0.1, 0.15) is 19.4 Å². The number of benzene rings is 2. The predicted octanol–water partition coefficient (Wildman–Crippen LogP) is 2.51. The van der Waals surface area contributed by atoms with Crippen molar-refractivity contribution in [3.63, 3.8) is 0 Å². The Kier molecular flexibility index (Phi) is 5.59. The number of rotatable bonds is 6. The number of nitrogens with one attached hydrogen (secondary N) is 1. The lowest BCUT2D eigenvalue weighted by Crippen LogP contribution is -2.30. The van der Waals surface area contributed by atoms with Crippen molar-refractivity contribution in [1.29, 1.82) is 0 Å². The zero-order chi connectivity index (χ0) is 21.4. The summed E-state index contributed by atoms with van der Waals surface area (Å²) in [6, 6.07) is 10.6. The molecule has 2 aromatic carbocycles. The second kappa shape index (κ2) is 7.68. The van der Waals surface area contributed by atoms with E-state index in [1.165, 1.54) is 19.1 Å². The Morgan fingerprint density at radius 2 is 1.83 bits per heavy atom. The van der Waals surface area contributed by atoms with E-state index in [2.05, 4.69) is 4.72 Å². The van der Waals surface area contributed by atoms with Gasteiger partial charge in [0.15, 0.2) is 0 Å². The number of anilines is 2. The molecule has 1 saturated heterocycles. The number of aryl methyl sites for hydroxylation is 1. The van der Waals surface area contributed by atoms with Gasteiger partial charge in [0.25, 0.3) is 10.0 Å². The first-order valence-corrected chi connectivity index (χ1v) is 12.1. The second-order valence-electron chi connectivity index (χ2n) is 6.82. The summed E-state index contributed by atoms with van der Waals surface area (Å²) in [7, 11) is -7.97. The van der Waals surface area contributed by atoms with Crippen molar-refractivity contribution in [3.8, 4) is 5.75 Å². The molecule has 1 aliphatic heterocycles. The van der Waals surface area contributed by atoms with Gasteiger partial charge < -0.3 is 4.74 Å². The molecule has 0 aliphatic carbocycles. The maximum atomic E-state index is 13.0. The Labute approximate surface area is 170 Å². The first-order valence-electron chi connectivity index (χ1n) is 8.98. The molecule has 1 heterocycles. The summed E-state index contributed by atoms with van der Waals surface area (Å²) < 4.78 is 59.3. The van der Waals surface area contributed by atoms with Crippen molar-refractivity contribution in [2.45, 2.75) is 25.7 Å². The standard InChI is InChI=1S/C19H22N2O6S2/c1-4-27-17-10-9-16(21-19(22)14(3)12-28(21,23)24)11-18(17)29(25,26)20-15-7-5-13(2)6-8-15/h5-11,14,20H,4,12H2,1-3H3. The first-order chi connectivity index (χ1) is 13.5. The van der Waals surface area contributed by atoms with Crippen LogP contribution in [0.25, 0.3) is 0 Å². The molecule has 0 saturated carbocycles. The molecule has 1 unspecified atom stereocenters. The summed E-state index contributed by atoms with van der Waals surface area (Å²) in [6.07, 6.45) is 0. The van der Waals surface area contributed by atoms with E-state index < -0.39 is 31.9 Å².